The van der Waals surface area contributed by atoms with Crippen LogP contribution in [-0.4, -0.2) is 14.5 Å². The molecule has 0 aliphatic rings. The number of halogens is 2. The fourth-order valence-electron chi connectivity index (χ4n) is 2.98. The minimum absolute atomic E-state index is 0.293. The first-order chi connectivity index (χ1) is 13.1. The number of pyridine rings is 1. The molecule has 2 heterocycles. The van der Waals surface area contributed by atoms with Crippen molar-refractivity contribution in [3.8, 4) is 0 Å². The monoisotopic (exact) mass is 397 g/mol. The molecule has 0 saturated carbocycles. The van der Waals surface area contributed by atoms with E-state index in [2.05, 4.69) is 28.6 Å². The van der Waals surface area contributed by atoms with E-state index in [0.717, 1.165) is 16.2 Å². The number of hydrogen-bond donors (Lipinski definition) is 0. The van der Waals surface area contributed by atoms with Crippen molar-refractivity contribution in [2.75, 3.05) is 0 Å². The van der Waals surface area contributed by atoms with Crippen molar-refractivity contribution in [1.29, 1.82) is 0 Å². The molecular formula is C21H17ClFN3S. The molecule has 0 aliphatic heterocycles. The van der Waals surface area contributed by atoms with Gasteiger partial charge in [0.05, 0.1) is 23.8 Å². The Morgan fingerprint density at radius 3 is 2.78 bits per heavy atom. The lowest BCUT2D eigenvalue weighted by Gasteiger charge is -2.11. The van der Waals surface area contributed by atoms with Crippen LogP contribution in [0.5, 0.6) is 0 Å². The van der Waals surface area contributed by atoms with Crippen molar-refractivity contribution in [3.05, 3.63) is 88.5 Å². The summed E-state index contributed by atoms with van der Waals surface area (Å²) in [6.07, 6.45) is 3.55. The summed E-state index contributed by atoms with van der Waals surface area (Å²) in [5, 5.41) is 1.26. The Labute approximate surface area is 166 Å². The van der Waals surface area contributed by atoms with E-state index in [4.69, 9.17) is 16.6 Å². The molecule has 0 unspecified atom stereocenters. The Bertz CT molecular complexity index is 1090. The number of hydrogen-bond acceptors (Lipinski definition) is 3. The van der Waals surface area contributed by atoms with E-state index >= 15 is 0 Å². The molecule has 2 aromatic heterocycles. The van der Waals surface area contributed by atoms with Crippen LogP contribution in [0.1, 0.15) is 16.7 Å². The van der Waals surface area contributed by atoms with Crippen molar-refractivity contribution >= 4 is 34.4 Å². The molecule has 0 bridgehead atoms. The van der Waals surface area contributed by atoms with Gasteiger partial charge in [-0.25, -0.2) is 9.37 Å². The molecule has 4 rings (SSSR count). The normalized spacial score (nSPS) is 11.2. The zero-order valence-corrected chi connectivity index (χ0v) is 16.3. The summed E-state index contributed by atoms with van der Waals surface area (Å²) < 4.78 is 16.3. The van der Waals surface area contributed by atoms with Gasteiger partial charge in [-0.2, -0.15) is 0 Å². The van der Waals surface area contributed by atoms with Gasteiger partial charge in [0.15, 0.2) is 5.16 Å². The lowest BCUT2D eigenvalue weighted by atomic mass is 10.1. The number of aryl methyl sites for hydroxylation is 1. The molecule has 0 atom stereocenters. The highest BCUT2D eigenvalue weighted by Gasteiger charge is 2.15. The van der Waals surface area contributed by atoms with Gasteiger partial charge in [-0.15, -0.1) is 0 Å². The number of rotatable bonds is 5. The van der Waals surface area contributed by atoms with Crippen LogP contribution < -0.4 is 0 Å². The van der Waals surface area contributed by atoms with E-state index in [9.17, 15) is 4.39 Å². The zero-order chi connectivity index (χ0) is 18.8. The molecule has 136 valence electrons. The first-order valence-corrected chi connectivity index (χ1v) is 9.90. The highest BCUT2D eigenvalue weighted by Crippen LogP contribution is 2.31. The van der Waals surface area contributed by atoms with E-state index in [1.54, 1.807) is 18.3 Å². The standard InChI is InChI=1S/C21H17ClFN3S/c1-14-5-2-3-6-15(14)12-26-20-11-24-10-9-19(20)25-21(26)27-13-16-17(22)7-4-8-18(16)23/h2-11H,12-13H2,1H3. The molecule has 0 spiro atoms. The third kappa shape index (κ3) is 3.70. The molecule has 0 aliphatic carbocycles. The SMILES string of the molecule is Cc1ccccc1Cn1c(SCc2c(F)cccc2Cl)nc2ccncc21. The van der Waals surface area contributed by atoms with E-state index in [1.807, 2.05) is 24.4 Å². The van der Waals surface area contributed by atoms with E-state index in [1.165, 1.54) is 29.0 Å². The largest absolute Gasteiger partial charge is 0.313 e. The lowest BCUT2D eigenvalue weighted by molar-refractivity contribution is 0.617. The van der Waals surface area contributed by atoms with E-state index < -0.39 is 0 Å². The average Bonchev–Trinajstić information content (AvgIpc) is 3.01. The lowest BCUT2D eigenvalue weighted by Crippen LogP contribution is -2.03. The smallest absolute Gasteiger partial charge is 0.169 e. The molecule has 6 heteroatoms. The van der Waals surface area contributed by atoms with E-state index in [0.29, 0.717) is 22.9 Å². The quantitative estimate of drug-likeness (QED) is 0.394. The van der Waals surface area contributed by atoms with Crippen LogP contribution in [0.15, 0.2) is 66.1 Å². The van der Waals surface area contributed by atoms with Crippen molar-refractivity contribution in [2.24, 2.45) is 0 Å². The number of nitrogens with zero attached hydrogens (tertiary/aromatic N) is 3. The summed E-state index contributed by atoms with van der Waals surface area (Å²) in [5.74, 6) is 0.119. The Balaban J connectivity index is 1.71. The van der Waals surface area contributed by atoms with Crippen LogP contribution in [0.2, 0.25) is 5.02 Å². The molecule has 0 fully saturated rings. The van der Waals surface area contributed by atoms with Crippen LogP contribution in [-0.2, 0) is 12.3 Å². The minimum Gasteiger partial charge on any atom is -0.313 e. The summed E-state index contributed by atoms with van der Waals surface area (Å²) in [7, 11) is 0. The number of imidazole rings is 1. The maximum Gasteiger partial charge on any atom is 0.169 e. The number of fused-ring (bicyclic) bond motifs is 1. The topological polar surface area (TPSA) is 30.7 Å². The van der Waals surface area contributed by atoms with Gasteiger partial charge in [-0.05, 0) is 36.2 Å². The molecule has 0 N–H and O–H groups in total. The summed E-state index contributed by atoms with van der Waals surface area (Å²) >= 11 is 7.65. The van der Waals surface area contributed by atoms with Crippen molar-refractivity contribution in [2.45, 2.75) is 24.4 Å². The van der Waals surface area contributed by atoms with Crippen LogP contribution in [0.25, 0.3) is 11.0 Å². The van der Waals surface area contributed by atoms with Gasteiger partial charge in [0.2, 0.25) is 0 Å². The van der Waals surface area contributed by atoms with Gasteiger partial charge in [-0.1, -0.05) is 53.7 Å². The third-order valence-electron chi connectivity index (χ3n) is 4.51. The zero-order valence-electron chi connectivity index (χ0n) is 14.7. The van der Waals surface area contributed by atoms with Crippen LogP contribution in [0, 0.1) is 12.7 Å². The summed E-state index contributed by atoms with van der Waals surface area (Å²) in [5.41, 5.74) is 4.77. The average molecular weight is 398 g/mol. The maximum absolute atomic E-state index is 14.1. The van der Waals surface area contributed by atoms with Crippen LogP contribution in [0.3, 0.4) is 0 Å². The Kier molecular flexibility index (Phi) is 5.14. The molecule has 27 heavy (non-hydrogen) atoms. The number of thioether (sulfide) groups is 1. The molecular weight excluding hydrogens is 381 g/mol. The predicted octanol–water partition coefficient (Wildman–Crippen LogP) is 5.87. The molecule has 2 aromatic carbocycles. The third-order valence-corrected chi connectivity index (χ3v) is 5.87. The second-order valence-electron chi connectivity index (χ2n) is 6.26. The van der Waals surface area contributed by atoms with Gasteiger partial charge < -0.3 is 4.57 Å². The van der Waals surface area contributed by atoms with Crippen molar-refractivity contribution in [3.63, 3.8) is 0 Å². The highest BCUT2D eigenvalue weighted by atomic mass is 35.5. The first-order valence-electron chi connectivity index (χ1n) is 8.54. The predicted molar refractivity (Wildman–Crippen MR) is 109 cm³/mol. The molecule has 3 nitrogen and oxygen atoms in total. The van der Waals surface area contributed by atoms with Gasteiger partial charge in [0.25, 0.3) is 0 Å². The fraction of sp³-hybridized carbons (Fsp3) is 0.143. The second kappa shape index (κ2) is 7.71. The number of benzene rings is 2. The van der Waals surface area contributed by atoms with Crippen molar-refractivity contribution < 1.29 is 4.39 Å². The van der Waals surface area contributed by atoms with E-state index in [-0.39, 0.29) is 5.82 Å². The molecule has 0 radical (unpaired) electrons. The highest BCUT2D eigenvalue weighted by molar-refractivity contribution is 7.98. The fourth-order valence-corrected chi connectivity index (χ4v) is 4.33. The summed E-state index contributed by atoms with van der Waals surface area (Å²) in [6.45, 7) is 2.78. The summed E-state index contributed by atoms with van der Waals surface area (Å²) in [6, 6.07) is 14.9. The molecule has 0 amide bonds. The van der Waals surface area contributed by atoms with Gasteiger partial charge in [0, 0.05) is 22.5 Å². The van der Waals surface area contributed by atoms with Crippen LogP contribution in [0.4, 0.5) is 4.39 Å². The van der Waals surface area contributed by atoms with Crippen LogP contribution >= 0.6 is 23.4 Å². The molecule has 4 aromatic rings. The Hall–Kier alpha value is -2.37. The van der Waals surface area contributed by atoms with Gasteiger partial charge in [0.1, 0.15) is 5.82 Å². The molecule has 0 saturated heterocycles. The first kappa shape index (κ1) is 18.0. The second-order valence-corrected chi connectivity index (χ2v) is 7.61. The van der Waals surface area contributed by atoms with Gasteiger partial charge in [-0.3, -0.25) is 4.98 Å². The Morgan fingerprint density at radius 1 is 1.11 bits per heavy atom. The van der Waals surface area contributed by atoms with Crippen molar-refractivity contribution in [1.82, 2.24) is 14.5 Å². The Morgan fingerprint density at radius 2 is 1.96 bits per heavy atom. The van der Waals surface area contributed by atoms with Gasteiger partial charge >= 0.3 is 0 Å². The summed E-state index contributed by atoms with van der Waals surface area (Å²) in [4.78, 5) is 8.98. The maximum atomic E-state index is 14.1. The minimum atomic E-state index is -0.293. The number of aromatic nitrogens is 3.